The van der Waals surface area contributed by atoms with Crippen LogP contribution in [0.25, 0.3) is 10.8 Å². The summed E-state index contributed by atoms with van der Waals surface area (Å²) >= 11 is 0. The summed E-state index contributed by atoms with van der Waals surface area (Å²) in [5.41, 5.74) is 0.913. The largest absolute Gasteiger partial charge is 0.206 e. The van der Waals surface area contributed by atoms with Gasteiger partial charge in [-0.2, -0.15) is 0 Å². The van der Waals surface area contributed by atoms with Crippen molar-refractivity contribution in [1.82, 2.24) is 0 Å². The number of halogens is 5. The van der Waals surface area contributed by atoms with E-state index in [1.54, 1.807) is 6.07 Å². The van der Waals surface area contributed by atoms with Crippen LogP contribution >= 0.6 is 0 Å². The Morgan fingerprint density at radius 3 is 2.03 bits per heavy atom. The molecule has 0 heterocycles. The highest BCUT2D eigenvalue weighted by Gasteiger charge is 2.10. The molecule has 4 rings (SSSR count). The first-order chi connectivity index (χ1) is 15.9. The van der Waals surface area contributed by atoms with Gasteiger partial charge in [0.1, 0.15) is 17.5 Å². The molecule has 0 fully saturated rings. The third kappa shape index (κ3) is 4.73. The molecule has 0 radical (unpaired) electrons. The lowest BCUT2D eigenvalue weighted by Gasteiger charge is -2.02. The molecule has 0 saturated carbocycles. The molecule has 0 atom stereocenters. The van der Waals surface area contributed by atoms with Gasteiger partial charge in [-0.1, -0.05) is 48.8 Å². The molecule has 0 spiro atoms. The summed E-state index contributed by atoms with van der Waals surface area (Å²) in [6.45, 7) is 1.90. The van der Waals surface area contributed by atoms with Crippen molar-refractivity contribution in [1.29, 1.82) is 0 Å². The van der Waals surface area contributed by atoms with Gasteiger partial charge >= 0.3 is 0 Å². The van der Waals surface area contributed by atoms with Crippen molar-refractivity contribution >= 4 is 10.8 Å². The van der Waals surface area contributed by atoms with Crippen molar-refractivity contribution in [2.75, 3.05) is 0 Å². The Kier molecular flexibility index (Phi) is 6.16. The fourth-order valence-electron chi connectivity index (χ4n) is 3.26. The second-order valence-corrected chi connectivity index (χ2v) is 7.28. The predicted molar refractivity (Wildman–Crippen MR) is 118 cm³/mol. The molecule has 0 aromatic heterocycles. The van der Waals surface area contributed by atoms with E-state index in [4.69, 9.17) is 0 Å². The maximum atomic E-state index is 14.5. The van der Waals surface area contributed by atoms with E-state index in [-0.39, 0.29) is 16.5 Å². The summed E-state index contributed by atoms with van der Waals surface area (Å²) in [7, 11) is 0. The molecule has 0 bridgehead atoms. The van der Waals surface area contributed by atoms with Crippen LogP contribution < -0.4 is 0 Å². The third-order valence-electron chi connectivity index (χ3n) is 5.06. The Morgan fingerprint density at radius 2 is 1.33 bits per heavy atom. The van der Waals surface area contributed by atoms with E-state index < -0.39 is 34.6 Å². The van der Waals surface area contributed by atoms with Crippen molar-refractivity contribution < 1.29 is 22.0 Å². The number of aryl methyl sites for hydroxylation is 1. The Bertz CT molecular complexity index is 1490. The van der Waals surface area contributed by atoms with Crippen LogP contribution in [0.15, 0.2) is 60.7 Å². The maximum absolute atomic E-state index is 14.5. The van der Waals surface area contributed by atoms with Gasteiger partial charge in [0, 0.05) is 16.5 Å². The minimum atomic E-state index is -0.970. The van der Waals surface area contributed by atoms with E-state index in [0.29, 0.717) is 17.4 Å². The van der Waals surface area contributed by atoms with E-state index in [9.17, 15) is 22.0 Å². The third-order valence-corrected chi connectivity index (χ3v) is 5.06. The first-order valence-corrected chi connectivity index (χ1v) is 10.0. The van der Waals surface area contributed by atoms with E-state index >= 15 is 0 Å². The Hall–Kier alpha value is -4.09. The molecule has 5 heteroatoms. The monoisotopic (exact) mass is 446 g/mol. The molecule has 0 amide bonds. The molecule has 0 aliphatic rings. The molecule has 0 unspecified atom stereocenters. The molecular formula is C28H15F5. The van der Waals surface area contributed by atoms with Gasteiger partial charge in [0.05, 0.1) is 11.1 Å². The molecular weight excluding hydrogens is 431 g/mol. The van der Waals surface area contributed by atoms with Gasteiger partial charge < -0.3 is 0 Å². The zero-order valence-electron chi connectivity index (χ0n) is 17.4. The quantitative estimate of drug-likeness (QED) is 0.220. The van der Waals surface area contributed by atoms with E-state index in [2.05, 4.69) is 23.7 Å². The molecule has 0 saturated heterocycles. The molecule has 4 aromatic carbocycles. The first-order valence-electron chi connectivity index (χ1n) is 10.0. The lowest BCUT2D eigenvalue weighted by Crippen LogP contribution is -1.93. The molecule has 0 aliphatic carbocycles. The smallest absolute Gasteiger partial charge is 0.166 e. The van der Waals surface area contributed by atoms with Gasteiger partial charge in [0.25, 0.3) is 0 Å². The standard InChI is InChI=1S/C28H15F5/c1-2-17-3-7-20(25(30)14-17)8-4-19-15-26(31)23(27(32)16-19)11-6-18-5-10-22-21(13-18)9-12-24(29)28(22)33/h3,5,7,9-10,12-16H,2H2,1H3. The minimum absolute atomic E-state index is 0.0396. The second kappa shape index (κ2) is 9.18. The number of hydrogen-bond acceptors (Lipinski definition) is 0. The van der Waals surface area contributed by atoms with Gasteiger partial charge in [-0.3, -0.25) is 0 Å². The van der Waals surface area contributed by atoms with Crippen LogP contribution in [0.5, 0.6) is 0 Å². The summed E-state index contributed by atoms with van der Waals surface area (Å²) in [5, 5.41) is 0.494. The molecule has 0 aliphatic heterocycles. The molecule has 0 nitrogen and oxygen atoms in total. The van der Waals surface area contributed by atoms with E-state index in [1.165, 1.54) is 36.4 Å². The topological polar surface area (TPSA) is 0 Å². The van der Waals surface area contributed by atoms with Crippen molar-refractivity contribution in [2.24, 2.45) is 0 Å². The Morgan fingerprint density at radius 1 is 0.606 bits per heavy atom. The van der Waals surface area contributed by atoms with Crippen LogP contribution in [0.4, 0.5) is 22.0 Å². The van der Waals surface area contributed by atoms with Crippen LogP contribution in [0.3, 0.4) is 0 Å². The van der Waals surface area contributed by atoms with Crippen LogP contribution in [0.2, 0.25) is 0 Å². The maximum Gasteiger partial charge on any atom is 0.166 e. The van der Waals surface area contributed by atoms with Crippen molar-refractivity contribution in [3.63, 3.8) is 0 Å². The van der Waals surface area contributed by atoms with Crippen molar-refractivity contribution in [3.8, 4) is 23.7 Å². The highest BCUT2D eigenvalue weighted by Crippen LogP contribution is 2.22. The van der Waals surface area contributed by atoms with Crippen LogP contribution in [-0.4, -0.2) is 0 Å². The zero-order valence-corrected chi connectivity index (χ0v) is 17.4. The van der Waals surface area contributed by atoms with Gasteiger partial charge in [0.15, 0.2) is 11.6 Å². The van der Waals surface area contributed by atoms with Gasteiger partial charge in [0.2, 0.25) is 0 Å². The lowest BCUT2D eigenvalue weighted by atomic mass is 10.1. The Balaban J connectivity index is 1.63. The van der Waals surface area contributed by atoms with Crippen LogP contribution in [-0.2, 0) is 6.42 Å². The summed E-state index contributed by atoms with van der Waals surface area (Å²) in [4.78, 5) is 0. The molecule has 0 N–H and O–H groups in total. The normalized spacial score (nSPS) is 10.4. The highest BCUT2D eigenvalue weighted by molar-refractivity contribution is 5.84. The van der Waals surface area contributed by atoms with Crippen LogP contribution in [0, 0.1) is 52.8 Å². The minimum Gasteiger partial charge on any atom is -0.206 e. The molecule has 4 aromatic rings. The molecule has 162 valence electrons. The zero-order chi connectivity index (χ0) is 23.5. The average molecular weight is 446 g/mol. The lowest BCUT2D eigenvalue weighted by molar-refractivity contribution is 0.517. The number of hydrogen-bond donors (Lipinski definition) is 0. The van der Waals surface area contributed by atoms with E-state index in [1.807, 2.05) is 6.92 Å². The van der Waals surface area contributed by atoms with Gasteiger partial charge in [-0.15, -0.1) is 0 Å². The SMILES string of the molecule is CCc1ccc(C#Cc2cc(F)c(C#Cc3ccc4c(F)c(F)ccc4c3)c(F)c2)c(F)c1. The van der Waals surface area contributed by atoms with Crippen LogP contribution in [0.1, 0.15) is 34.7 Å². The Labute approximate surface area is 187 Å². The number of fused-ring (bicyclic) bond motifs is 1. The average Bonchev–Trinajstić information content (AvgIpc) is 2.80. The summed E-state index contributed by atoms with van der Waals surface area (Å²) in [5.74, 6) is 5.96. The van der Waals surface area contributed by atoms with Crippen molar-refractivity contribution in [3.05, 3.63) is 118 Å². The van der Waals surface area contributed by atoms with E-state index in [0.717, 1.165) is 23.8 Å². The van der Waals surface area contributed by atoms with Gasteiger partial charge in [-0.25, -0.2) is 22.0 Å². The molecule has 33 heavy (non-hydrogen) atoms. The number of benzene rings is 4. The second-order valence-electron chi connectivity index (χ2n) is 7.28. The highest BCUT2D eigenvalue weighted by atomic mass is 19.2. The predicted octanol–water partition coefficient (Wildman–Crippen LogP) is 6.90. The van der Waals surface area contributed by atoms with Crippen molar-refractivity contribution in [2.45, 2.75) is 13.3 Å². The van der Waals surface area contributed by atoms with Gasteiger partial charge in [-0.05, 0) is 59.8 Å². The fraction of sp³-hybridized carbons (Fsp3) is 0.0714. The summed E-state index contributed by atoms with van der Waals surface area (Å²) < 4.78 is 70.2. The summed E-state index contributed by atoms with van der Waals surface area (Å²) in [6.07, 6.45) is 0.679. The fourth-order valence-corrected chi connectivity index (χ4v) is 3.26. The first kappa shape index (κ1) is 22.1. The number of rotatable bonds is 1. The summed E-state index contributed by atoms with van der Waals surface area (Å²) in [6, 6.07) is 13.4.